The fraction of sp³-hybridized carbons (Fsp3) is 0.571. The number of rotatable bonds is 5. The van der Waals surface area contributed by atoms with Crippen LogP contribution in [0.3, 0.4) is 0 Å². The molecule has 5 nitrogen and oxygen atoms in total. The second kappa shape index (κ2) is 7.22. The van der Waals surface area contributed by atoms with E-state index in [-0.39, 0.29) is 11.9 Å². The maximum Gasteiger partial charge on any atom is 0.244 e. The summed E-state index contributed by atoms with van der Waals surface area (Å²) >= 11 is 0. The van der Waals surface area contributed by atoms with E-state index in [0.717, 1.165) is 17.4 Å². The normalized spacial score (nSPS) is 27.5. The highest BCUT2D eigenvalue weighted by molar-refractivity contribution is 5.92. The van der Waals surface area contributed by atoms with Gasteiger partial charge in [0, 0.05) is 12.1 Å². The molecule has 4 atom stereocenters. The van der Waals surface area contributed by atoms with Crippen LogP contribution < -0.4 is 19.5 Å². The van der Waals surface area contributed by atoms with Crippen molar-refractivity contribution >= 4 is 12.0 Å². The Labute approximate surface area is 154 Å². The predicted molar refractivity (Wildman–Crippen MR) is 99.6 cm³/mol. The van der Waals surface area contributed by atoms with Crippen molar-refractivity contribution in [3.8, 4) is 17.2 Å². The van der Waals surface area contributed by atoms with Gasteiger partial charge in [0.05, 0.1) is 7.11 Å². The molecule has 1 aromatic carbocycles. The summed E-state index contributed by atoms with van der Waals surface area (Å²) in [7, 11) is 1.60. The Morgan fingerprint density at radius 3 is 2.85 bits per heavy atom. The number of hydrogen-bond donors (Lipinski definition) is 1. The molecular formula is C21H27NO4. The van der Waals surface area contributed by atoms with Crippen LogP contribution in [-0.4, -0.2) is 32.3 Å². The third-order valence-electron chi connectivity index (χ3n) is 6.08. The van der Waals surface area contributed by atoms with Crippen molar-refractivity contribution in [1.29, 1.82) is 0 Å². The number of carbonyl (C=O) groups is 1. The Bertz CT molecular complexity index is 697. The van der Waals surface area contributed by atoms with Crippen molar-refractivity contribution in [2.45, 2.75) is 38.6 Å². The highest BCUT2D eigenvalue weighted by atomic mass is 16.6. The lowest BCUT2D eigenvalue weighted by Gasteiger charge is -2.28. The summed E-state index contributed by atoms with van der Waals surface area (Å²) in [6, 6.07) is 3.97. The van der Waals surface area contributed by atoms with Crippen LogP contribution >= 0.6 is 0 Å². The molecule has 2 bridgehead atoms. The van der Waals surface area contributed by atoms with Crippen LogP contribution in [-0.2, 0) is 4.79 Å². The van der Waals surface area contributed by atoms with Gasteiger partial charge in [-0.3, -0.25) is 4.79 Å². The Morgan fingerprint density at radius 2 is 2.12 bits per heavy atom. The minimum absolute atomic E-state index is 0.0471. The fourth-order valence-corrected chi connectivity index (χ4v) is 4.85. The van der Waals surface area contributed by atoms with E-state index in [2.05, 4.69) is 12.2 Å². The molecule has 1 N–H and O–H groups in total. The summed E-state index contributed by atoms with van der Waals surface area (Å²) in [6.07, 6.45) is 8.74. The maximum absolute atomic E-state index is 12.3. The largest absolute Gasteiger partial charge is 0.493 e. The van der Waals surface area contributed by atoms with E-state index in [1.807, 2.05) is 12.1 Å². The van der Waals surface area contributed by atoms with Crippen LogP contribution in [0.1, 0.15) is 38.2 Å². The van der Waals surface area contributed by atoms with E-state index in [1.165, 1.54) is 25.7 Å². The van der Waals surface area contributed by atoms with Crippen LogP contribution in [0, 0.1) is 17.8 Å². The number of benzene rings is 1. The van der Waals surface area contributed by atoms with Gasteiger partial charge in [-0.25, -0.2) is 0 Å². The third kappa shape index (κ3) is 3.39. The molecule has 4 unspecified atom stereocenters. The summed E-state index contributed by atoms with van der Waals surface area (Å²) in [5.74, 6) is 4.20. The molecule has 2 saturated carbocycles. The molecule has 2 fully saturated rings. The molecule has 1 aromatic rings. The zero-order valence-corrected chi connectivity index (χ0v) is 15.5. The number of nitrogens with one attached hydrogen (secondary N) is 1. The molecule has 1 amide bonds. The number of hydrogen-bond acceptors (Lipinski definition) is 4. The predicted octanol–water partition coefficient (Wildman–Crippen LogP) is 3.42. The van der Waals surface area contributed by atoms with Gasteiger partial charge < -0.3 is 19.5 Å². The van der Waals surface area contributed by atoms with E-state index in [9.17, 15) is 4.79 Å². The van der Waals surface area contributed by atoms with Gasteiger partial charge in [-0.15, -0.1) is 0 Å². The average Bonchev–Trinajstić information content (AvgIpc) is 3.29. The summed E-state index contributed by atoms with van der Waals surface area (Å²) in [5, 5.41) is 3.15. The van der Waals surface area contributed by atoms with E-state index >= 15 is 0 Å². The van der Waals surface area contributed by atoms with Crippen LogP contribution in [0.25, 0.3) is 6.08 Å². The molecule has 26 heavy (non-hydrogen) atoms. The van der Waals surface area contributed by atoms with Crippen LogP contribution in [0.5, 0.6) is 17.2 Å². The van der Waals surface area contributed by atoms with E-state index in [4.69, 9.17) is 14.2 Å². The molecule has 5 heteroatoms. The lowest BCUT2D eigenvalue weighted by atomic mass is 9.84. The molecule has 1 aliphatic heterocycles. The van der Waals surface area contributed by atoms with Gasteiger partial charge in [-0.1, -0.05) is 6.42 Å². The number of amides is 1. The second-order valence-corrected chi connectivity index (χ2v) is 7.72. The van der Waals surface area contributed by atoms with Crippen molar-refractivity contribution in [3.05, 3.63) is 23.8 Å². The molecule has 4 rings (SSSR count). The summed E-state index contributed by atoms with van der Waals surface area (Å²) in [5.41, 5.74) is 0.855. The highest BCUT2D eigenvalue weighted by Crippen LogP contribution is 2.49. The summed E-state index contributed by atoms with van der Waals surface area (Å²) in [4.78, 5) is 12.3. The minimum atomic E-state index is -0.0471. The van der Waals surface area contributed by atoms with Gasteiger partial charge in [-0.05, 0) is 67.7 Å². The summed E-state index contributed by atoms with van der Waals surface area (Å²) < 4.78 is 16.6. The molecule has 1 heterocycles. The van der Waals surface area contributed by atoms with Gasteiger partial charge >= 0.3 is 0 Å². The van der Waals surface area contributed by atoms with Crippen LogP contribution in [0.2, 0.25) is 0 Å². The first-order chi connectivity index (χ1) is 12.6. The molecule has 0 spiro atoms. The van der Waals surface area contributed by atoms with Crippen molar-refractivity contribution in [3.63, 3.8) is 0 Å². The first kappa shape index (κ1) is 17.3. The Morgan fingerprint density at radius 1 is 1.27 bits per heavy atom. The lowest BCUT2D eigenvalue weighted by Crippen LogP contribution is -2.39. The zero-order valence-electron chi connectivity index (χ0n) is 15.5. The second-order valence-electron chi connectivity index (χ2n) is 7.72. The van der Waals surface area contributed by atoms with Crippen molar-refractivity contribution in [2.75, 3.05) is 20.3 Å². The van der Waals surface area contributed by atoms with Crippen LogP contribution in [0.4, 0.5) is 0 Å². The van der Waals surface area contributed by atoms with E-state index < -0.39 is 0 Å². The van der Waals surface area contributed by atoms with Gasteiger partial charge in [0.15, 0.2) is 11.5 Å². The van der Waals surface area contributed by atoms with E-state index in [1.54, 1.807) is 19.3 Å². The molecule has 140 valence electrons. The van der Waals surface area contributed by atoms with Gasteiger partial charge in [0.25, 0.3) is 0 Å². The molecule has 3 aliphatic rings. The van der Waals surface area contributed by atoms with Crippen molar-refractivity contribution in [1.82, 2.24) is 5.32 Å². The topological polar surface area (TPSA) is 56.8 Å². The smallest absolute Gasteiger partial charge is 0.244 e. The number of methoxy groups -OCH3 is 1. The van der Waals surface area contributed by atoms with Crippen LogP contribution in [0.15, 0.2) is 18.2 Å². The number of ether oxygens (including phenoxy) is 3. The Hall–Kier alpha value is -2.17. The average molecular weight is 357 g/mol. The molecule has 0 aromatic heterocycles. The van der Waals surface area contributed by atoms with Crippen molar-refractivity contribution < 1.29 is 19.0 Å². The first-order valence-corrected chi connectivity index (χ1v) is 9.60. The van der Waals surface area contributed by atoms with Gasteiger partial charge in [-0.2, -0.15) is 0 Å². The summed E-state index contributed by atoms with van der Waals surface area (Å²) in [6.45, 7) is 3.18. The van der Waals surface area contributed by atoms with Crippen molar-refractivity contribution in [2.24, 2.45) is 17.8 Å². The fourth-order valence-electron chi connectivity index (χ4n) is 4.85. The molecular weight excluding hydrogens is 330 g/mol. The molecule has 0 radical (unpaired) electrons. The highest BCUT2D eigenvalue weighted by Gasteiger charge is 2.41. The number of carbonyl (C=O) groups excluding carboxylic acids is 1. The monoisotopic (exact) mass is 357 g/mol. The Kier molecular flexibility index (Phi) is 4.79. The quantitative estimate of drug-likeness (QED) is 0.821. The lowest BCUT2D eigenvalue weighted by molar-refractivity contribution is -0.117. The number of fused-ring (bicyclic) bond motifs is 3. The first-order valence-electron chi connectivity index (χ1n) is 9.60. The standard InChI is InChI=1S/C21H27NO4/c1-13(17-10-14-3-5-16(17)9-14)22-20(23)6-4-15-11-18(24-2)21-19(12-15)25-7-8-26-21/h4,6,11-14,16-17H,3,5,7-10H2,1-2H3,(H,22,23)/b6-4+. The Balaban J connectivity index is 1.40. The van der Waals surface area contributed by atoms with E-state index in [0.29, 0.717) is 36.4 Å². The maximum atomic E-state index is 12.3. The zero-order chi connectivity index (χ0) is 18.1. The molecule has 2 aliphatic carbocycles. The SMILES string of the molecule is COc1cc(/C=C/C(=O)NC(C)C2CC3CCC2C3)cc2c1OCCO2. The minimum Gasteiger partial charge on any atom is -0.493 e. The van der Waals surface area contributed by atoms with Gasteiger partial charge in [0.1, 0.15) is 13.2 Å². The molecule has 0 saturated heterocycles. The van der Waals surface area contributed by atoms with Gasteiger partial charge in [0.2, 0.25) is 11.7 Å². The third-order valence-corrected chi connectivity index (χ3v) is 6.08.